The first-order valence-corrected chi connectivity index (χ1v) is 10.0. The standard InChI is InChI=1S/C22H24N4O2/c1-14-5-2-3-8-18(14)19-11-15-12-23-22(24-16-6-4-7-16)25-20(15)26(21(19)27)17-9-10-28-13-17/h2-3,5,8,11-12,16-17H,4,6-7,9-10,13H2,1H3,(H,23,24,25)/t17-/m1/s1. The molecule has 1 aromatic carbocycles. The molecular formula is C22H24N4O2. The van der Waals surface area contributed by atoms with Crippen LogP contribution >= 0.6 is 0 Å². The molecule has 2 fully saturated rings. The van der Waals surface area contributed by atoms with Crippen LogP contribution in [-0.2, 0) is 4.74 Å². The lowest BCUT2D eigenvalue weighted by Crippen LogP contribution is -2.30. The van der Waals surface area contributed by atoms with Gasteiger partial charge in [-0.25, -0.2) is 4.98 Å². The highest BCUT2D eigenvalue weighted by atomic mass is 16.5. The zero-order chi connectivity index (χ0) is 19.1. The summed E-state index contributed by atoms with van der Waals surface area (Å²) in [6.07, 6.45) is 6.20. The second-order valence-electron chi connectivity index (χ2n) is 7.81. The summed E-state index contributed by atoms with van der Waals surface area (Å²) in [7, 11) is 0. The van der Waals surface area contributed by atoms with E-state index in [9.17, 15) is 4.79 Å². The molecule has 28 heavy (non-hydrogen) atoms. The Labute approximate surface area is 163 Å². The Morgan fingerprint density at radius 1 is 1.18 bits per heavy atom. The number of rotatable bonds is 4. The fraction of sp³-hybridized carbons (Fsp3) is 0.409. The minimum Gasteiger partial charge on any atom is -0.379 e. The SMILES string of the molecule is Cc1ccccc1-c1cc2cnc(NC3CCC3)nc2n([C@@H]2CCOC2)c1=O. The minimum atomic E-state index is -0.00871. The van der Waals surface area contributed by atoms with Gasteiger partial charge in [0.15, 0.2) is 0 Å². The Balaban J connectivity index is 1.70. The first kappa shape index (κ1) is 17.4. The molecule has 5 rings (SSSR count). The number of nitrogens with zero attached hydrogens (tertiary/aromatic N) is 3. The first-order chi connectivity index (χ1) is 13.7. The van der Waals surface area contributed by atoms with Crippen LogP contribution in [0.2, 0.25) is 0 Å². The number of anilines is 1. The van der Waals surface area contributed by atoms with Crippen molar-refractivity contribution in [2.45, 2.75) is 44.7 Å². The van der Waals surface area contributed by atoms with Crippen molar-refractivity contribution in [3.63, 3.8) is 0 Å². The Morgan fingerprint density at radius 2 is 2.04 bits per heavy atom. The lowest BCUT2D eigenvalue weighted by molar-refractivity contribution is 0.186. The molecule has 0 radical (unpaired) electrons. The van der Waals surface area contributed by atoms with Gasteiger partial charge in [0.25, 0.3) is 5.56 Å². The van der Waals surface area contributed by atoms with Crippen LogP contribution in [0.25, 0.3) is 22.2 Å². The monoisotopic (exact) mass is 376 g/mol. The van der Waals surface area contributed by atoms with Crippen LogP contribution in [0, 0.1) is 6.92 Å². The van der Waals surface area contributed by atoms with Crippen LogP contribution in [0.5, 0.6) is 0 Å². The van der Waals surface area contributed by atoms with Gasteiger partial charge in [0.1, 0.15) is 5.65 Å². The Kier molecular flexibility index (Phi) is 4.36. The third-order valence-corrected chi connectivity index (χ3v) is 5.92. The van der Waals surface area contributed by atoms with Crippen LogP contribution < -0.4 is 10.9 Å². The highest BCUT2D eigenvalue weighted by Gasteiger charge is 2.25. The second kappa shape index (κ2) is 7.02. The summed E-state index contributed by atoms with van der Waals surface area (Å²) in [4.78, 5) is 22.8. The molecule has 6 heteroatoms. The zero-order valence-electron chi connectivity index (χ0n) is 16.0. The molecule has 0 spiro atoms. The van der Waals surface area contributed by atoms with Gasteiger partial charge in [-0.3, -0.25) is 9.36 Å². The highest BCUT2D eigenvalue weighted by Crippen LogP contribution is 2.28. The highest BCUT2D eigenvalue weighted by molar-refractivity contribution is 5.82. The summed E-state index contributed by atoms with van der Waals surface area (Å²) in [5.74, 6) is 0.605. The van der Waals surface area contributed by atoms with Crippen LogP contribution in [0.3, 0.4) is 0 Å². The van der Waals surface area contributed by atoms with E-state index in [-0.39, 0.29) is 11.6 Å². The number of benzene rings is 1. The first-order valence-electron chi connectivity index (χ1n) is 10.0. The smallest absolute Gasteiger partial charge is 0.260 e. The molecule has 1 saturated carbocycles. The van der Waals surface area contributed by atoms with Crippen molar-refractivity contribution in [3.8, 4) is 11.1 Å². The maximum Gasteiger partial charge on any atom is 0.260 e. The molecule has 6 nitrogen and oxygen atoms in total. The van der Waals surface area contributed by atoms with Gasteiger partial charge < -0.3 is 10.1 Å². The Bertz CT molecular complexity index is 1080. The second-order valence-corrected chi connectivity index (χ2v) is 7.81. The van der Waals surface area contributed by atoms with Crippen molar-refractivity contribution in [2.24, 2.45) is 0 Å². The summed E-state index contributed by atoms with van der Waals surface area (Å²) in [5.41, 5.74) is 3.41. The van der Waals surface area contributed by atoms with Crippen LogP contribution in [-0.4, -0.2) is 33.8 Å². The van der Waals surface area contributed by atoms with E-state index in [4.69, 9.17) is 9.72 Å². The van der Waals surface area contributed by atoms with E-state index in [1.165, 1.54) is 6.42 Å². The number of nitrogens with one attached hydrogen (secondary N) is 1. The molecule has 1 aliphatic heterocycles. The molecule has 1 atom stereocenters. The van der Waals surface area contributed by atoms with E-state index in [1.54, 1.807) is 0 Å². The number of aryl methyl sites for hydroxylation is 1. The minimum absolute atomic E-state index is 0.00502. The summed E-state index contributed by atoms with van der Waals surface area (Å²) in [5, 5.41) is 4.27. The number of fused-ring (bicyclic) bond motifs is 1. The maximum atomic E-state index is 13.6. The van der Waals surface area contributed by atoms with Crippen molar-refractivity contribution in [2.75, 3.05) is 18.5 Å². The van der Waals surface area contributed by atoms with Gasteiger partial charge in [0, 0.05) is 29.8 Å². The van der Waals surface area contributed by atoms with Gasteiger partial charge in [-0.15, -0.1) is 0 Å². The average Bonchev–Trinajstić information content (AvgIpc) is 3.19. The third-order valence-electron chi connectivity index (χ3n) is 5.92. The number of pyridine rings is 1. The summed E-state index contributed by atoms with van der Waals surface area (Å²) >= 11 is 0. The van der Waals surface area contributed by atoms with Crippen molar-refractivity contribution in [1.29, 1.82) is 0 Å². The molecule has 3 aromatic rings. The number of hydrogen-bond donors (Lipinski definition) is 1. The van der Waals surface area contributed by atoms with E-state index in [0.717, 1.165) is 35.8 Å². The summed E-state index contributed by atoms with van der Waals surface area (Å²) < 4.78 is 7.42. The summed E-state index contributed by atoms with van der Waals surface area (Å²) in [6, 6.07) is 10.4. The average molecular weight is 376 g/mol. The molecular weight excluding hydrogens is 352 g/mol. The topological polar surface area (TPSA) is 69.0 Å². The van der Waals surface area contributed by atoms with Gasteiger partial charge in [-0.05, 0) is 49.8 Å². The maximum absolute atomic E-state index is 13.6. The van der Waals surface area contributed by atoms with Gasteiger partial charge in [-0.1, -0.05) is 24.3 Å². The molecule has 0 amide bonds. The molecule has 3 heterocycles. The van der Waals surface area contributed by atoms with E-state index in [2.05, 4.69) is 10.3 Å². The quantitative estimate of drug-likeness (QED) is 0.752. The molecule has 0 bridgehead atoms. The molecule has 144 valence electrons. The number of ether oxygens (including phenoxy) is 1. The lowest BCUT2D eigenvalue weighted by atomic mass is 9.93. The van der Waals surface area contributed by atoms with E-state index < -0.39 is 0 Å². The molecule has 1 N–H and O–H groups in total. The van der Waals surface area contributed by atoms with Crippen LogP contribution in [0.4, 0.5) is 5.95 Å². The van der Waals surface area contributed by atoms with Crippen molar-refractivity contribution >= 4 is 17.0 Å². The van der Waals surface area contributed by atoms with Crippen LogP contribution in [0.15, 0.2) is 41.3 Å². The number of aromatic nitrogens is 3. The Morgan fingerprint density at radius 3 is 2.75 bits per heavy atom. The van der Waals surface area contributed by atoms with Crippen molar-refractivity contribution in [1.82, 2.24) is 14.5 Å². The zero-order valence-corrected chi connectivity index (χ0v) is 16.0. The van der Waals surface area contributed by atoms with Gasteiger partial charge in [0.2, 0.25) is 5.95 Å². The lowest BCUT2D eigenvalue weighted by Gasteiger charge is -2.26. The normalized spacial score (nSPS) is 19.7. The molecule has 2 aromatic heterocycles. The van der Waals surface area contributed by atoms with Gasteiger partial charge >= 0.3 is 0 Å². The fourth-order valence-corrected chi connectivity index (χ4v) is 4.06. The molecule has 1 saturated heterocycles. The van der Waals surface area contributed by atoms with E-state index >= 15 is 0 Å². The fourth-order valence-electron chi connectivity index (χ4n) is 4.06. The van der Waals surface area contributed by atoms with Crippen LogP contribution in [0.1, 0.15) is 37.3 Å². The number of hydrogen-bond acceptors (Lipinski definition) is 5. The predicted molar refractivity (Wildman–Crippen MR) is 110 cm³/mol. The Hall–Kier alpha value is -2.73. The van der Waals surface area contributed by atoms with Crippen molar-refractivity contribution < 1.29 is 4.74 Å². The van der Waals surface area contributed by atoms with Crippen molar-refractivity contribution in [3.05, 3.63) is 52.4 Å². The third kappa shape index (κ3) is 2.98. The van der Waals surface area contributed by atoms with E-state index in [1.807, 2.05) is 48.0 Å². The predicted octanol–water partition coefficient (Wildman–Crippen LogP) is 3.69. The summed E-state index contributed by atoms with van der Waals surface area (Å²) in [6.45, 7) is 3.25. The molecule has 0 unspecified atom stereocenters. The molecule has 1 aliphatic carbocycles. The van der Waals surface area contributed by atoms with Gasteiger partial charge in [0.05, 0.1) is 12.6 Å². The van der Waals surface area contributed by atoms with Gasteiger partial charge in [-0.2, -0.15) is 4.98 Å². The largest absolute Gasteiger partial charge is 0.379 e. The van der Waals surface area contributed by atoms with E-state index in [0.29, 0.717) is 36.4 Å². The molecule has 2 aliphatic rings.